The van der Waals surface area contributed by atoms with Gasteiger partial charge in [0.25, 0.3) is 0 Å². The van der Waals surface area contributed by atoms with E-state index in [-0.39, 0.29) is 5.75 Å². The normalized spacial score (nSPS) is 12.9. The van der Waals surface area contributed by atoms with Crippen LogP contribution in [-0.2, 0) is 6.42 Å². The van der Waals surface area contributed by atoms with E-state index in [0.29, 0.717) is 0 Å². The Morgan fingerprint density at radius 3 is 2.89 bits per heavy atom. The summed E-state index contributed by atoms with van der Waals surface area (Å²) in [7, 11) is 0. The van der Waals surface area contributed by atoms with E-state index in [1.165, 1.54) is 5.56 Å². The number of hydrogen-bond donors (Lipinski definition) is 2. The Hall–Kier alpha value is -2.42. The number of benzene rings is 2. The van der Waals surface area contributed by atoms with Crippen LogP contribution >= 0.6 is 0 Å². The minimum absolute atomic E-state index is 0.254. The van der Waals surface area contributed by atoms with Crippen molar-refractivity contribution in [3.63, 3.8) is 0 Å². The predicted octanol–water partition coefficient (Wildman–Crippen LogP) is 3.79. The molecule has 2 N–H and O–H groups in total. The van der Waals surface area contributed by atoms with E-state index in [1.54, 1.807) is 12.1 Å². The molecule has 0 saturated heterocycles. The Kier molecular flexibility index (Phi) is 1.75. The number of phenols is 1. The smallest absolute Gasteiger partial charge is 0.140 e. The highest BCUT2D eigenvalue weighted by molar-refractivity contribution is 5.99. The van der Waals surface area contributed by atoms with Crippen molar-refractivity contribution in [2.24, 2.45) is 0 Å². The molecule has 0 unspecified atom stereocenters. The van der Waals surface area contributed by atoms with Crippen molar-refractivity contribution in [2.75, 3.05) is 5.32 Å². The molecule has 0 bridgehead atoms. The summed E-state index contributed by atoms with van der Waals surface area (Å²) < 4.78 is 5.81. The number of rotatable bonds is 0. The van der Waals surface area contributed by atoms with E-state index < -0.39 is 0 Å². The zero-order valence-electron chi connectivity index (χ0n) is 9.60. The highest BCUT2D eigenvalue weighted by Crippen LogP contribution is 2.42. The van der Waals surface area contributed by atoms with Crippen molar-refractivity contribution in [1.29, 1.82) is 0 Å². The molecule has 0 spiro atoms. The molecule has 0 aliphatic carbocycles. The number of hydrogen-bond acceptors (Lipinski definition) is 3. The SMILES string of the molecule is Oc1cccc2oc3c(c12)Nc1ccccc1C3. The second-order valence-corrected chi connectivity index (χ2v) is 4.51. The van der Waals surface area contributed by atoms with Crippen molar-refractivity contribution in [3.8, 4) is 5.75 Å². The first-order valence-electron chi connectivity index (χ1n) is 5.91. The van der Waals surface area contributed by atoms with E-state index in [1.807, 2.05) is 24.3 Å². The fourth-order valence-electron chi connectivity index (χ4n) is 2.54. The van der Waals surface area contributed by atoms with Gasteiger partial charge in [-0.2, -0.15) is 0 Å². The lowest BCUT2D eigenvalue weighted by atomic mass is 10.0. The minimum atomic E-state index is 0.254. The minimum Gasteiger partial charge on any atom is -0.507 e. The van der Waals surface area contributed by atoms with Crippen LogP contribution in [-0.4, -0.2) is 5.11 Å². The maximum atomic E-state index is 9.96. The largest absolute Gasteiger partial charge is 0.507 e. The highest BCUT2D eigenvalue weighted by atomic mass is 16.3. The number of anilines is 2. The Balaban J connectivity index is 2.00. The summed E-state index contributed by atoms with van der Waals surface area (Å²) in [5.41, 5.74) is 3.90. The highest BCUT2D eigenvalue weighted by Gasteiger charge is 2.22. The lowest BCUT2D eigenvalue weighted by Crippen LogP contribution is -2.04. The van der Waals surface area contributed by atoms with Gasteiger partial charge in [-0.1, -0.05) is 24.3 Å². The number of nitrogens with one attached hydrogen (secondary N) is 1. The lowest BCUT2D eigenvalue weighted by molar-refractivity contribution is 0.481. The van der Waals surface area contributed by atoms with Gasteiger partial charge in [-0.15, -0.1) is 0 Å². The van der Waals surface area contributed by atoms with E-state index in [4.69, 9.17) is 4.42 Å². The Morgan fingerprint density at radius 2 is 1.94 bits per heavy atom. The van der Waals surface area contributed by atoms with Gasteiger partial charge in [-0.25, -0.2) is 0 Å². The van der Waals surface area contributed by atoms with E-state index in [0.717, 1.165) is 34.5 Å². The molecule has 4 rings (SSSR count). The maximum absolute atomic E-state index is 9.96. The van der Waals surface area contributed by atoms with Gasteiger partial charge in [0, 0.05) is 12.1 Å². The van der Waals surface area contributed by atoms with Crippen LogP contribution in [0.5, 0.6) is 5.75 Å². The van der Waals surface area contributed by atoms with Gasteiger partial charge in [0.05, 0.1) is 11.1 Å². The van der Waals surface area contributed by atoms with Crippen molar-refractivity contribution >= 4 is 22.3 Å². The summed E-state index contributed by atoms with van der Waals surface area (Å²) in [5, 5.41) is 14.1. The van der Waals surface area contributed by atoms with E-state index in [9.17, 15) is 5.11 Å². The number of para-hydroxylation sites is 1. The quantitative estimate of drug-likeness (QED) is 0.489. The van der Waals surface area contributed by atoms with Crippen LogP contribution in [0, 0.1) is 0 Å². The first-order chi connectivity index (χ1) is 8.83. The molecule has 1 aliphatic rings. The summed E-state index contributed by atoms with van der Waals surface area (Å²) in [6, 6.07) is 13.5. The zero-order valence-corrected chi connectivity index (χ0v) is 9.60. The molecule has 3 aromatic rings. The third kappa shape index (κ3) is 1.19. The van der Waals surface area contributed by atoms with Crippen LogP contribution in [0.15, 0.2) is 46.9 Å². The molecule has 0 atom stereocenters. The first-order valence-corrected chi connectivity index (χ1v) is 5.91. The van der Waals surface area contributed by atoms with E-state index >= 15 is 0 Å². The molecule has 0 amide bonds. The molecule has 0 saturated carbocycles. The predicted molar refractivity (Wildman–Crippen MR) is 70.4 cm³/mol. The standard InChI is InChI=1S/C15H11NO2/c17-11-6-3-7-12-14(11)15-13(18-12)8-9-4-1-2-5-10(9)16-15/h1-7,16-17H,8H2. The molecule has 0 radical (unpaired) electrons. The maximum Gasteiger partial charge on any atom is 0.140 e. The Labute approximate surface area is 104 Å². The zero-order chi connectivity index (χ0) is 12.1. The number of furan rings is 1. The van der Waals surface area contributed by atoms with Crippen molar-refractivity contribution in [1.82, 2.24) is 0 Å². The van der Waals surface area contributed by atoms with Crippen LogP contribution in [0.4, 0.5) is 11.4 Å². The second kappa shape index (κ2) is 3.29. The van der Waals surface area contributed by atoms with Gasteiger partial charge >= 0.3 is 0 Å². The molecule has 2 heterocycles. The fourth-order valence-corrected chi connectivity index (χ4v) is 2.54. The molecular weight excluding hydrogens is 226 g/mol. The topological polar surface area (TPSA) is 45.4 Å². The first kappa shape index (κ1) is 9.59. The average Bonchev–Trinajstić information content (AvgIpc) is 2.74. The van der Waals surface area contributed by atoms with Crippen molar-refractivity contribution < 1.29 is 9.52 Å². The average molecular weight is 237 g/mol. The van der Waals surface area contributed by atoms with Gasteiger partial charge in [0.2, 0.25) is 0 Å². The second-order valence-electron chi connectivity index (χ2n) is 4.51. The summed E-state index contributed by atoms with van der Waals surface area (Å²) in [6.07, 6.45) is 0.757. The molecular formula is C15H11NO2. The third-order valence-electron chi connectivity index (χ3n) is 3.39. The summed E-state index contributed by atoms with van der Waals surface area (Å²) in [6.45, 7) is 0. The number of phenolic OH excluding ortho intramolecular Hbond substituents is 1. The van der Waals surface area contributed by atoms with Gasteiger partial charge in [0.1, 0.15) is 17.1 Å². The molecule has 3 nitrogen and oxygen atoms in total. The summed E-state index contributed by atoms with van der Waals surface area (Å²) >= 11 is 0. The number of fused-ring (bicyclic) bond motifs is 4. The van der Waals surface area contributed by atoms with Crippen LogP contribution in [0.2, 0.25) is 0 Å². The molecule has 88 valence electrons. The molecule has 1 aromatic heterocycles. The van der Waals surface area contributed by atoms with Crippen LogP contribution in [0.25, 0.3) is 11.0 Å². The van der Waals surface area contributed by atoms with Gasteiger partial charge in [0.15, 0.2) is 0 Å². The molecule has 2 aromatic carbocycles. The molecule has 18 heavy (non-hydrogen) atoms. The lowest BCUT2D eigenvalue weighted by Gasteiger charge is -2.17. The molecule has 0 fully saturated rings. The summed E-state index contributed by atoms with van der Waals surface area (Å²) in [5.74, 6) is 1.13. The van der Waals surface area contributed by atoms with Crippen LogP contribution < -0.4 is 5.32 Å². The van der Waals surface area contributed by atoms with Gasteiger partial charge in [-0.05, 0) is 23.8 Å². The molecule has 1 aliphatic heterocycles. The third-order valence-corrected chi connectivity index (χ3v) is 3.39. The van der Waals surface area contributed by atoms with Gasteiger partial charge in [-0.3, -0.25) is 0 Å². The van der Waals surface area contributed by atoms with Crippen molar-refractivity contribution in [3.05, 3.63) is 53.8 Å². The summed E-state index contributed by atoms with van der Waals surface area (Å²) in [4.78, 5) is 0. The monoisotopic (exact) mass is 237 g/mol. The van der Waals surface area contributed by atoms with Crippen LogP contribution in [0.1, 0.15) is 11.3 Å². The Bertz CT molecular complexity index is 758. The van der Waals surface area contributed by atoms with Gasteiger partial charge < -0.3 is 14.8 Å². The van der Waals surface area contributed by atoms with Crippen molar-refractivity contribution in [2.45, 2.75) is 6.42 Å². The number of aromatic hydroxyl groups is 1. The molecule has 3 heteroatoms. The van der Waals surface area contributed by atoms with E-state index in [2.05, 4.69) is 11.4 Å². The fraction of sp³-hybridized carbons (Fsp3) is 0.0667. The Morgan fingerprint density at radius 1 is 1.06 bits per heavy atom. The van der Waals surface area contributed by atoms with Crippen LogP contribution in [0.3, 0.4) is 0 Å².